The topological polar surface area (TPSA) is 52.7 Å². The zero-order valence-electron chi connectivity index (χ0n) is 12.1. The second kappa shape index (κ2) is 6.41. The number of hydrogen-bond acceptors (Lipinski definition) is 3. The van der Waals surface area contributed by atoms with Gasteiger partial charge in [0, 0.05) is 39.3 Å². The van der Waals surface area contributed by atoms with Crippen LogP contribution in [-0.4, -0.2) is 43.9 Å². The second-order valence-corrected chi connectivity index (χ2v) is 5.26. The first-order valence-electron chi connectivity index (χ1n) is 6.87. The first-order chi connectivity index (χ1) is 9.56. The lowest BCUT2D eigenvalue weighted by Crippen LogP contribution is -2.37. The van der Waals surface area contributed by atoms with Crippen molar-refractivity contribution in [3.63, 3.8) is 0 Å². The van der Waals surface area contributed by atoms with E-state index in [-0.39, 0.29) is 18.4 Å². The Morgan fingerprint density at radius 3 is 2.55 bits per heavy atom. The Morgan fingerprint density at radius 2 is 2.00 bits per heavy atom. The third-order valence-corrected chi connectivity index (χ3v) is 3.45. The van der Waals surface area contributed by atoms with Gasteiger partial charge in [-0.25, -0.2) is 0 Å². The van der Waals surface area contributed by atoms with Gasteiger partial charge in [0.2, 0.25) is 11.8 Å². The van der Waals surface area contributed by atoms with Crippen molar-refractivity contribution < 1.29 is 9.59 Å². The smallest absolute Gasteiger partial charge is 0.239 e. The van der Waals surface area contributed by atoms with E-state index >= 15 is 0 Å². The van der Waals surface area contributed by atoms with Gasteiger partial charge in [0.15, 0.2) is 0 Å². The van der Waals surface area contributed by atoms with Gasteiger partial charge < -0.3 is 15.1 Å². The minimum Gasteiger partial charge on any atom is -0.378 e. The lowest BCUT2D eigenvalue weighted by Gasteiger charge is -2.15. The van der Waals surface area contributed by atoms with Crippen LogP contribution in [0.3, 0.4) is 0 Å². The first kappa shape index (κ1) is 14.4. The van der Waals surface area contributed by atoms with E-state index in [0.29, 0.717) is 19.5 Å². The molecule has 0 bridgehead atoms. The second-order valence-electron chi connectivity index (χ2n) is 5.26. The van der Waals surface area contributed by atoms with Crippen LogP contribution in [0.15, 0.2) is 24.3 Å². The molecule has 1 N–H and O–H groups in total. The Kier molecular flexibility index (Phi) is 4.61. The molecule has 1 saturated heterocycles. The Labute approximate surface area is 119 Å². The summed E-state index contributed by atoms with van der Waals surface area (Å²) in [4.78, 5) is 26.9. The number of anilines is 1. The van der Waals surface area contributed by atoms with E-state index < -0.39 is 0 Å². The lowest BCUT2D eigenvalue weighted by molar-refractivity contribution is -0.133. The van der Waals surface area contributed by atoms with E-state index in [9.17, 15) is 9.59 Å². The highest BCUT2D eigenvalue weighted by Gasteiger charge is 2.21. The van der Waals surface area contributed by atoms with Crippen LogP contribution in [0.5, 0.6) is 0 Å². The van der Waals surface area contributed by atoms with Crippen molar-refractivity contribution in [1.82, 2.24) is 10.2 Å². The van der Waals surface area contributed by atoms with E-state index in [0.717, 1.165) is 17.7 Å². The third kappa shape index (κ3) is 3.73. The number of amides is 2. The maximum atomic E-state index is 11.8. The molecule has 1 aliphatic rings. The van der Waals surface area contributed by atoms with E-state index in [4.69, 9.17) is 0 Å². The molecule has 2 rings (SSSR count). The average molecular weight is 275 g/mol. The minimum atomic E-state index is -0.100. The van der Waals surface area contributed by atoms with Gasteiger partial charge >= 0.3 is 0 Å². The molecule has 1 heterocycles. The lowest BCUT2D eigenvalue weighted by atomic mass is 10.2. The predicted octanol–water partition coefficient (Wildman–Crippen LogP) is 0.991. The fourth-order valence-corrected chi connectivity index (χ4v) is 2.21. The van der Waals surface area contributed by atoms with E-state index in [1.165, 1.54) is 0 Å². The minimum absolute atomic E-state index is 0.0792. The summed E-state index contributed by atoms with van der Waals surface area (Å²) in [5.41, 5.74) is 2.18. The molecule has 5 heteroatoms. The number of benzene rings is 1. The summed E-state index contributed by atoms with van der Waals surface area (Å²) in [7, 11) is 3.98. The number of nitrogens with zero attached hydrogens (tertiary/aromatic N) is 2. The number of carbonyl (C=O) groups is 2. The third-order valence-electron chi connectivity index (χ3n) is 3.45. The number of rotatable bonds is 5. The summed E-state index contributed by atoms with van der Waals surface area (Å²) in [6, 6.07) is 8.03. The molecule has 0 aliphatic carbocycles. The molecule has 20 heavy (non-hydrogen) atoms. The maximum absolute atomic E-state index is 11.8. The molecule has 0 spiro atoms. The molecular weight excluding hydrogens is 254 g/mol. The molecule has 0 aromatic heterocycles. The van der Waals surface area contributed by atoms with Gasteiger partial charge in [0.25, 0.3) is 0 Å². The number of hydrogen-bond donors (Lipinski definition) is 1. The van der Waals surface area contributed by atoms with Crippen molar-refractivity contribution in [2.24, 2.45) is 0 Å². The molecule has 5 nitrogen and oxygen atoms in total. The molecule has 108 valence electrons. The van der Waals surface area contributed by atoms with Crippen LogP contribution in [-0.2, 0) is 16.1 Å². The van der Waals surface area contributed by atoms with Crippen LogP contribution >= 0.6 is 0 Å². The summed E-state index contributed by atoms with van der Waals surface area (Å²) >= 11 is 0. The summed E-state index contributed by atoms with van der Waals surface area (Å²) in [5, 5.41) is 2.85. The largest absolute Gasteiger partial charge is 0.378 e. The average Bonchev–Trinajstić information content (AvgIpc) is 2.82. The standard InChI is InChI=1S/C15H21N3O2/c1-17(2)13-7-5-12(6-8-13)10-16-14(19)11-18-9-3-4-15(18)20/h5-8H,3-4,9-11H2,1-2H3,(H,16,19). The van der Waals surface area contributed by atoms with Crippen LogP contribution in [0.25, 0.3) is 0 Å². The first-order valence-corrected chi connectivity index (χ1v) is 6.87. The monoisotopic (exact) mass is 275 g/mol. The Balaban J connectivity index is 1.79. The van der Waals surface area contributed by atoms with Gasteiger partial charge in [0.1, 0.15) is 0 Å². The van der Waals surface area contributed by atoms with Gasteiger partial charge in [0.05, 0.1) is 6.54 Å². The summed E-state index contributed by atoms with van der Waals surface area (Å²) in [6.07, 6.45) is 1.43. The SMILES string of the molecule is CN(C)c1ccc(CNC(=O)CN2CCCC2=O)cc1. The molecule has 0 saturated carbocycles. The van der Waals surface area contributed by atoms with Crippen LogP contribution in [0.2, 0.25) is 0 Å². The molecule has 1 aliphatic heterocycles. The number of likely N-dealkylation sites (tertiary alicyclic amines) is 1. The molecule has 1 aromatic rings. The van der Waals surface area contributed by atoms with Crippen molar-refractivity contribution in [1.29, 1.82) is 0 Å². The highest BCUT2D eigenvalue weighted by atomic mass is 16.2. The van der Waals surface area contributed by atoms with E-state index in [2.05, 4.69) is 5.32 Å². The van der Waals surface area contributed by atoms with Crippen LogP contribution in [0.1, 0.15) is 18.4 Å². The molecule has 1 aromatic carbocycles. The maximum Gasteiger partial charge on any atom is 0.239 e. The predicted molar refractivity (Wildman–Crippen MR) is 78.4 cm³/mol. The van der Waals surface area contributed by atoms with Crippen LogP contribution < -0.4 is 10.2 Å². The van der Waals surface area contributed by atoms with Gasteiger partial charge in [-0.2, -0.15) is 0 Å². The highest BCUT2D eigenvalue weighted by molar-refractivity contribution is 5.85. The van der Waals surface area contributed by atoms with Gasteiger partial charge in [-0.15, -0.1) is 0 Å². The van der Waals surface area contributed by atoms with Crippen LogP contribution in [0.4, 0.5) is 5.69 Å². The van der Waals surface area contributed by atoms with Crippen molar-refractivity contribution in [3.05, 3.63) is 29.8 Å². The van der Waals surface area contributed by atoms with Crippen molar-refractivity contribution in [2.75, 3.05) is 32.1 Å². The van der Waals surface area contributed by atoms with Gasteiger partial charge in [-0.1, -0.05) is 12.1 Å². The number of nitrogens with one attached hydrogen (secondary N) is 1. The van der Waals surface area contributed by atoms with Crippen LogP contribution in [0, 0.1) is 0 Å². The Morgan fingerprint density at radius 1 is 1.30 bits per heavy atom. The summed E-state index contributed by atoms with van der Waals surface area (Å²) in [5.74, 6) is -0.0209. The highest BCUT2D eigenvalue weighted by Crippen LogP contribution is 2.12. The molecule has 2 amide bonds. The van der Waals surface area contributed by atoms with E-state index in [1.54, 1.807) is 4.90 Å². The molecular formula is C15H21N3O2. The van der Waals surface area contributed by atoms with Crippen molar-refractivity contribution in [2.45, 2.75) is 19.4 Å². The molecule has 1 fully saturated rings. The molecule has 0 unspecified atom stereocenters. The van der Waals surface area contributed by atoms with Crippen molar-refractivity contribution >= 4 is 17.5 Å². The zero-order valence-corrected chi connectivity index (χ0v) is 12.1. The zero-order chi connectivity index (χ0) is 14.5. The Bertz CT molecular complexity index is 482. The summed E-state index contributed by atoms with van der Waals surface area (Å²) < 4.78 is 0. The number of carbonyl (C=O) groups excluding carboxylic acids is 2. The normalized spacial score (nSPS) is 14.5. The van der Waals surface area contributed by atoms with E-state index in [1.807, 2.05) is 43.3 Å². The Hall–Kier alpha value is -2.04. The van der Waals surface area contributed by atoms with Gasteiger partial charge in [-0.05, 0) is 24.1 Å². The summed E-state index contributed by atoms with van der Waals surface area (Å²) in [6.45, 7) is 1.37. The quantitative estimate of drug-likeness (QED) is 0.872. The molecule has 0 atom stereocenters. The van der Waals surface area contributed by atoms with Gasteiger partial charge in [-0.3, -0.25) is 9.59 Å². The fraction of sp³-hybridized carbons (Fsp3) is 0.467. The fourth-order valence-electron chi connectivity index (χ4n) is 2.21. The van der Waals surface area contributed by atoms with Crippen molar-refractivity contribution in [3.8, 4) is 0 Å². The molecule has 0 radical (unpaired) electrons.